The fraction of sp³-hybridized carbons (Fsp3) is 1.00. The van der Waals surface area contributed by atoms with Gasteiger partial charge in [0.05, 0.1) is 0 Å². The number of halogens is 1. The second-order valence-corrected chi connectivity index (χ2v) is 5.36. The highest BCUT2D eigenvalue weighted by atomic mass is 35.5. The lowest BCUT2D eigenvalue weighted by atomic mass is 10.1. The molecule has 0 aliphatic heterocycles. The average Bonchev–Trinajstić information content (AvgIpc) is 2.02. The summed E-state index contributed by atoms with van der Waals surface area (Å²) in [7, 11) is 0. The maximum Gasteiger partial charge on any atom is 0.0233 e. The van der Waals surface area contributed by atoms with Crippen LogP contribution in [0.3, 0.4) is 0 Å². The van der Waals surface area contributed by atoms with Crippen molar-refractivity contribution in [1.29, 1.82) is 0 Å². The Labute approximate surface area is 86.5 Å². The summed E-state index contributed by atoms with van der Waals surface area (Å²) < 4.78 is 0. The molecule has 0 aromatic carbocycles. The molecule has 2 unspecified atom stereocenters. The zero-order valence-electron chi connectivity index (χ0n) is 8.48. The fourth-order valence-corrected chi connectivity index (χ4v) is 2.71. The highest BCUT2D eigenvalue weighted by Gasteiger charge is 2.05. The number of thioether (sulfide) groups is 1. The first-order valence-corrected chi connectivity index (χ1v) is 6.46. The summed E-state index contributed by atoms with van der Waals surface area (Å²) >= 11 is 7.72. The molecule has 0 fully saturated rings. The minimum absolute atomic E-state index is 0.738. The van der Waals surface area contributed by atoms with Crippen LogP contribution in [-0.4, -0.2) is 16.9 Å². The zero-order valence-corrected chi connectivity index (χ0v) is 10.0. The van der Waals surface area contributed by atoms with Crippen molar-refractivity contribution in [2.45, 2.75) is 45.3 Å². The van der Waals surface area contributed by atoms with E-state index in [0.29, 0.717) is 0 Å². The third-order valence-corrected chi connectivity index (χ3v) is 3.75. The number of rotatable bonds is 7. The second-order valence-electron chi connectivity index (χ2n) is 3.52. The van der Waals surface area contributed by atoms with Crippen LogP contribution in [0.4, 0.5) is 0 Å². The third kappa shape index (κ3) is 7.30. The molecule has 0 bridgehead atoms. The van der Waals surface area contributed by atoms with Gasteiger partial charge in [0, 0.05) is 11.1 Å². The highest BCUT2D eigenvalue weighted by molar-refractivity contribution is 7.99. The molecule has 0 amide bonds. The summed E-state index contributed by atoms with van der Waals surface area (Å²) in [5.74, 6) is 2.97. The number of alkyl halides is 1. The van der Waals surface area contributed by atoms with Crippen molar-refractivity contribution in [3.8, 4) is 0 Å². The molecule has 0 radical (unpaired) electrons. The minimum Gasteiger partial charge on any atom is -0.159 e. The Kier molecular flexibility index (Phi) is 8.69. The van der Waals surface area contributed by atoms with Crippen LogP contribution in [0.2, 0.25) is 0 Å². The van der Waals surface area contributed by atoms with Gasteiger partial charge in [-0.05, 0) is 18.1 Å². The molecule has 0 N–H and O–H groups in total. The molecule has 0 aromatic heterocycles. The smallest absolute Gasteiger partial charge is 0.0233 e. The van der Waals surface area contributed by atoms with Crippen molar-refractivity contribution in [2.75, 3.05) is 11.6 Å². The third-order valence-electron chi connectivity index (χ3n) is 1.96. The lowest BCUT2D eigenvalue weighted by Gasteiger charge is -2.13. The first-order chi connectivity index (χ1) is 5.70. The van der Waals surface area contributed by atoms with E-state index >= 15 is 0 Å². The standard InChI is InChI=1S/C10H21ClS/c1-4-5-9(2)8-12-10(3)6-7-11/h9-10H,4-8H2,1-3H3. The molecular weight excluding hydrogens is 188 g/mol. The lowest BCUT2D eigenvalue weighted by Crippen LogP contribution is -2.04. The van der Waals surface area contributed by atoms with Crippen molar-refractivity contribution < 1.29 is 0 Å². The Bertz CT molecular complexity index is 83.8. The predicted octanol–water partition coefficient (Wildman–Crippen LogP) is 4.17. The molecule has 12 heavy (non-hydrogen) atoms. The molecule has 0 rings (SSSR count). The van der Waals surface area contributed by atoms with E-state index in [1.165, 1.54) is 18.6 Å². The molecular formula is C10H21ClS. The molecule has 0 aliphatic rings. The largest absolute Gasteiger partial charge is 0.159 e. The van der Waals surface area contributed by atoms with Crippen LogP contribution >= 0.6 is 23.4 Å². The SMILES string of the molecule is CCCC(C)CSC(C)CCCl. The van der Waals surface area contributed by atoms with Crippen molar-refractivity contribution in [3.05, 3.63) is 0 Å². The summed E-state index contributed by atoms with van der Waals surface area (Å²) in [5, 5.41) is 0.738. The molecule has 0 heterocycles. The maximum absolute atomic E-state index is 5.66. The Morgan fingerprint density at radius 2 is 1.92 bits per heavy atom. The topological polar surface area (TPSA) is 0 Å². The van der Waals surface area contributed by atoms with Gasteiger partial charge in [-0.2, -0.15) is 11.8 Å². The first-order valence-electron chi connectivity index (χ1n) is 4.88. The Morgan fingerprint density at radius 1 is 1.25 bits per heavy atom. The van der Waals surface area contributed by atoms with Crippen LogP contribution in [0.5, 0.6) is 0 Å². The van der Waals surface area contributed by atoms with Crippen LogP contribution in [0.1, 0.15) is 40.0 Å². The van der Waals surface area contributed by atoms with Crippen LogP contribution in [0, 0.1) is 5.92 Å². The minimum atomic E-state index is 0.738. The Morgan fingerprint density at radius 3 is 2.42 bits per heavy atom. The van der Waals surface area contributed by atoms with E-state index in [1.54, 1.807) is 0 Å². The quantitative estimate of drug-likeness (QED) is 0.566. The first kappa shape index (κ1) is 12.6. The summed E-state index contributed by atoms with van der Waals surface area (Å²) in [6.07, 6.45) is 3.82. The van der Waals surface area contributed by atoms with Crippen molar-refractivity contribution in [3.63, 3.8) is 0 Å². The second kappa shape index (κ2) is 8.25. The monoisotopic (exact) mass is 208 g/mol. The van der Waals surface area contributed by atoms with Gasteiger partial charge in [-0.3, -0.25) is 0 Å². The van der Waals surface area contributed by atoms with Gasteiger partial charge in [0.15, 0.2) is 0 Å². The molecule has 0 aliphatic carbocycles. The van der Waals surface area contributed by atoms with E-state index in [0.717, 1.165) is 23.5 Å². The van der Waals surface area contributed by atoms with Crippen molar-refractivity contribution >= 4 is 23.4 Å². The van der Waals surface area contributed by atoms with E-state index in [9.17, 15) is 0 Å². The van der Waals surface area contributed by atoms with Gasteiger partial charge in [0.2, 0.25) is 0 Å². The van der Waals surface area contributed by atoms with E-state index in [1.807, 2.05) is 0 Å². The highest BCUT2D eigenvalue weighted by Crippen LogP contribution is 2.20. The summed E-state index contributed by atoms with van der Waals surface area (Å²) in [6, 6.07) is 0. The summed E-state index contributed by atoms with van der Waals surface area (Å²) in [6.45, 7) is 6.86. The predicted molar refractivity (Wildman–Crippen MR) is 61.3 cm³/mol. The van der Waals surface area contributed by atoms with Gasteiger partial charge in [-0.1, -0.05) is 33.6 Å². The molecule has 0 saturated heterocycles. The molecule has 2 heteroatoms. The van der Waals surface area contributed by atoms with Gasteiger partial charge < -0.3 is 0 Å². The van der Waals surface area contributed by atoms with Gasteiger partial charge in [-0.25, -0.2) is 0 Å². The van der Waals surface area contributed by atoms with Gasteiger partial charge in [-0.15, -0.1) is 11.6 Å². The van der Waals surface area contributed by atoms with Crippen molar-refractivity contribution in [1.82, 2.24) is 0 Å². The molecule has 74 valence electrons. The Balaban J connectivity index is 3.27. The van der Waals surface area contributed by atoms with Gasteiger partial charge in [0.1, 0.15) is 0 Å². The Hall–Kier alpha value is 0.640. The molecule has 2 atom stereocenters. The molecule has 0 aromatic rings. The van der Waals surface area contributed by atoms with Gasteiger partial charge in [0.25, 0.3) is 0 Å². The van der Waals surface area contributed by atoms with E-state index < -0.39 is 0 Å². The van der Waals surface area contributed by atoms with Crippen LogP contribution in [0.25, 0.3) is 0 Å². The molecule has 0 saturated carbocycles. The number of hydrogen-bond acceptors (Lipinski definition) is 1. The van der Waals surface area contributed by atoms with Gasteiger partial charge >= 0.3 is 0 Å². The van der Waals surface area contributed by atoms with E-state index in [2.05, 4.69) is 32.5 Å². The maximum atomic E-state index is 5.66. The molecule has 0 spiro atoms. The molecule has 0 nitrogen and oxygen atoms in total. The zero-order chi connectivity index (χ0) is 9.40. The lowest BCUT2D eigenvalue weighted by molar-refractivity contribution is 0.584. The van der Waals surface area contributed by atoms with Crippen LogP contribution in [-0.2, 0) is 0 Å². The van der Waals surface area contributed by atoms with E-state index in [-0.39, 0.29) is 0 Å². The normalized spacial score (nSPS) is 16.0. The number of hydrogen-bond donors (Lipinski definition) is 0. The average molecular weight is 209 g/mol. The van der Waals surface area contributed by atoms with Crippen LogP contribution < -0.4 is 0 Å². The van der Waals surface area contributed by atoms with E-state index in [4.69, 9.17) is 11.6 Å². The summed E-state index contributed by atoms with van der Waals surface area (Å²) in [5.41, 5.74) is 0. The van der Waals surface area contributed by atoms with Crippen LogP contribution in [0.15, 0.2) is 0 Å². The fourth-order valence-electron chi connectivity index (χ4n) is 1.14. The van der Waals surface area contributed by atoms with Crippen molar-refractivity contribution in [2.24, 2.45) is 5.92 Å². The summed E-state index contributed by atoms with van der Waals surface area (Å²) in [4.78, 5) is 0.